The van der Waals surface area contributed by atoms with Crippen molar-refractivity contribution in [3.63, 3.8) is 0 Å². The van der Waals surface area contributed by atoms with Gasteiger partial charge in [0.2, 0.25) is 5.91 Å². The number of carbonyl (C=O) groups excluding carboxylic acids is 1. The van der Waals surface area contributed by atoms with Gasteiger partial charge in [-0.2, -0.15) is 0 Å². The Morgan fingerprint density at radius 3 is 2.52 bits per heavy atom. The molecule has 0 aromatic heterocycles. The fourth-order valence-electron chi connectivity index (χ4n) is 1.80. The summed E-state index contributed by atoms with van der Waals surface area (Å²) >= 11 is 0. The molecule has 0 saturated heterocycles. The van der Waals surface area contributed by atoms with Crippen molar-refractivity contribution >= 4 is 18.3 Å². The second kappa shape index (κ2) is 12.6. The Hall–Kier alpha value is -1.14. The number of methoxy groups -OCH3 is 1. The summed E-state index contributed by atoms with van der Waals surface area (Å²) in [7, 11) is 1.63. The summed E-state index contributed by atoms with van der Waals surface area (Å²) in [4.78, 5) is 13.8. The van der Waals surface area contributed by atoms with Crippen LogP contribution in [0.25, 0.3) is 0 Å². The van der Waals surface area contributed by atoms with Crippen LogP contribution in [0.1, 0.15) is 12.0 Å². The molecule has 5 nitrogen and oxygen atoms in total. The Bertz CT molecular complexity index is 376. The first-order valence-electron chi connectivity index (χ1n) is 6.86. The molecule has 0 aliphatic rings. The molecule has 1 amide bonds. The molecule has 0 aliphatic heterocycles. The lowest BCUT2D eigenvalue weighted by Crippen LogP contribution is -2.34. The van der Waals surface area contributed by atoms with Gasteiger partial charge in [-0.15, -0.1) is 12.4 Å². The maximum atomic E-state index is 12.0. The summed E-state index contributed by atoms with van der Waals surface area (Å²) in [5.41, 5.74) is 6.57. The molecule has 21 heavy (non-hydrogen) atoms. The Kier molecular flexibility index (Phi) is 11.9. The van der Waals surface area contributed by atoms with Gasteiger partial charge in [0, 0.05) is 33.2 Å². The summed E-state index contributed by atoms with van der Waals surface area (Å²) in [5, 5.41) is 0. The number of halogens is 1. The third-order valence-corrected chi connectivity index (χ3v) is 2.86. The lowest BCUT2D eigenvalue weighted by atomic mass is 10.2. The zero-order valence-electron chi connectivity index (χ0n) is 12.5. The molecular weight excluding hydrogens is 292 g/mol. The fraction of sp³-hybridized carbons (Fsp3) is 0.533. The van der Waals surface area contributed by atoms with Crippen LogP contribution in [0.2, 0.25) is 0 Å². The minimum Gasteiger partial charge on any atom is -0.382 e. The number of benzene rings is 1. The summed E-state index contributed by atoms with van der Waals surface area (Å²) in [6.45, 7) is 3.14. The maximum Gasteiger partial charge on any atom is 0.224 e. The van der Waals surface area contributed by atoms with Gasteiger partial charge in [-0.1, -0.05) is 30.3 Å². The van der Waals surface area contributed by atoms with Crippen molar-refractivity contribution in [2.45, 2.75) is 13.0 Å². The first-order valence-corrected chi connectivity index (χ1v) is 6.86. The number of nitrogens with two attached hydrogens (primary N) is 1. The molecule has 0 unspecified atom stereocenters. The van der Waals surface area contributed by atoms with Gasteiger partial charge in [0.25, 0.3) is 0 Å². The van der Waals surface area contributed by atoms with E-state index in [2.05, 4.69) is 0 Å². The predicted octanol–water partition coefficient (Wildman–Crippen LogP) is 1.45. The molecule has 2 N–H and O–H groups in total. The van der Waals surface area contributed by atoms with Crippen LogP contribution in [-0.4, -0.2) is 50.8 Å². The molecule has 0 aliphatic carbocycles. The number of hydrogen-bond donors (Lipinski definition) is 1. The molecule has 1 rings (SSSR count). The maximum absolute atomic E-state index is 12.0. The molecule has 1 aromatic carbocycles. The number of hydrogen-bond acceptors (Lipinski definition) is 4. The van der Waals surface area contributed by atoms with Crippen LogP contribution >= 0.6 is 12.4 Å². The summed E-state index contributed by atoms with van der Waals surface area (Å²) < 4.78 is 10.3. The Morgan fingerprint density at radius 1 is 1.19 bits per heavy atom. The van der Waals surface area contributed by atoms with E-state index in [1.807, 2.05) is 30.3 Å². The lowest BCUT2D eigenvalue weighted by Gasteiger charge is -2.22. The van der Waals surface area contributed by atoms with Crippen LogP contribution < -0.4 is 5.73 Å². The number of rotatable bonds is 10. The molecule has 0 radical (unpaired) electrons. The highest BCUT2D eigenvalue weighted by Crippen LogP contribution is 2.06. The third kappa shape index (κ3) is 8.67. The normalized spacial score (nSPS) is 10.0. The predicted molar refractivity (Wildman–Crippen MR) is 85.5 cm³/mol. The van der Waals surface area contributed by atoms with Crippen LogP contribution in [0.15, 0.2) is 30.3 Å². The minimum atomic E-state index is 0. The summed E-state index contributed by atoms with van der Waals surface area (Å²) in [6, 6.07) is 9.92. The number of ether oxygens (including phenoxy) is 2. The quantitative estimate of drug-likeness (QED) is 0.664. The van der Waals surface area contributed by atoms with Gasteiger partial charge in [-0.05, 0) is 5.56 Å². The van der Waals surface area contributed by atoms with Crippen molar-refractivity contribution in [3.8, 4) is 0 Å². The van der Waals surface area contributed by atoms with Crippen molar-refractivity contribution in [1.82, 2.24) is 4.90 Å². The zero-order valence-corrected chi connectivity index (χ0v) is 13.3. The molecule has 0 saturated carbocycles. The van der Waals surface area contributed by atoms with Crippen LogP contribution in [0.3, 0.4) is 0 Å². The van der Waals surface area contributed by atoms with Crippen molar-refractivity contribution in [1.29, 1.82) is 0 Å². The molecule has 0 spiro atoms. The second-order valence-corrected chi connectivity index (χ2v) is 4.44. The number of amides is 1. The van der Waals surface area contributed by atoms with Crippen LogP contribution in [0.5, 0.6) is 0 Å². The average molecular weight is 317 g/mol. The molecule has 0 bridgehead atoms. The van der Waals surface area contributed by atoms with Crippen LogP contribution in [0.4, 0.5) is 0 Å². The first-order chi connectivity index (χ1) is 9.77. The second-order valence-electron chi connectivity index (χ2n) is 4.44. The van der Waals surface area contributed by atoms with E-state index in [0.717, 1.165) is 5.56 Å². The molecular formula is C15H25ClN2O3. The van der Waals surface area contributed by atoms with E-state index in [4.69, 9.17) is 15.2 Å². The van der Waals surface area contributed by atoms with Crippen molar-refractivity contribution < 1.29 is 14.3 Å². The summed E-state index contributed by atoms with van der Waals surface area (Å²) in [6.07, 6.45) is 0.366. The minimum absolute atomic E-state index is 0. The first kappa shape index (κ1) is 19.9. The van der Waals surface area contributed by atoms with Crippen molar-refractivity contribution in [2.75, 3.05) is 40.0 Å². The third-order valence-electron chi connectivity index (χ3n) is 2.86. The van der Waals surface area contributed by atoms with Crippen LogP contribution in [0, 0.1) is 0 Å². The fourth-order valence-corrected chi connectivity index (χ4v) is 1.80. The van der Waals surface area contributed by atoms with E-state index in [-0.39, 0.29) is 18.3 Å². The molecule has 0 heterocycles. The van der Waals surface area contributed by atoms with Gasteiger partial charge >= 0.3 is 0 Å². The van der Waals surface area contributed by atoms with E-state index in [1.165, 1.54) is 0 Å². The van der Waals surface area contributed by atoms with E-state index in [0.29, 0.717) is 45.9 Å². The lowest BCUT2D eigenvalue weighted by molar-refractivity contribution is -0.132. The molecule has 0 fully saturated rings. The largest absolute Gasteiger partial charge is 0.382 e. The van der Waals surface area contributed by atoms with E-state index >= 15 is 0 Å². The molecule has 0 atom stereocenters. The Labute approximate surface area is 132 Å². The average Bonchev–Trinajstić information content (AvgIpc) is 2.47. The highest BCUT2D eigenvalue weighted by atomic mass is 35.5. The number of nitrogens with zero attached hydrogens (tertiary/aromatic N) is 1. The monoisotopic (exact) mass is 316 g/mol. The zero-order chi connectivity index (χ0) is 14.6. The SMILES string of the molecule is COCCOCCN(Cc1ccccc1)C(=O)CCN.Cl. The van der Waals surface area contributed by atoms with Gasteiger partial charge < -0.3 is 20.1 Å². The van der Waals surface area contributed by atoms with Crippen molar-refractivity contribution in [3.05, 3.63) is 35.9 Å². The summed E-state index contributed by atoms with van der Waals surface area (Å²) in [5.74, 6) is 0.0618. The van der Waals surface area contributed by atoms with Gasteiger partial charge in [-0.3, -0.25) is 4.79 Å². The van der Waals surface area contributed by atoms with Gasteiger partial charge in [0.05, 0.1) is 19.8 Å². The highest BCUT2D eigenvalue weighted by molar-refractivity contribution is 5.85. The van der Waals surface area contributed by atoms with E-state index in [1.54, 1.807) is 12.0 Å². The smallest absolute Gasteiger partial charge is 0.224 e. The van der Waals surface area contributed by atoms with Crippen LogP contribution in [-0.2, 0) is 20.8 Å². The molecule has 120 valence electrons. The van der Waals surface area contributed by atoms with E-state index in [9.17, 15) is 4.79 Å². The standard InChI is InChI=1S/C15H24N2O3.ClH/c1-19-11-12-20-10-9-17(15(18)7-8-16)13-14-5-3-2-4-6-14;/h2-6H,7-13,16H2,1H3;1H. The molecule has 1 aromatic rings. The highest BCUT2D eigenvalue weighted by Gasteiger charge is 2.12. The molecule has 6 heteroatoms. The van der Waals surface area contributed by atoms with Gasteiger partial charge in [-0.25, -0.2) is 0 Å². The number of carbonyl (C=O) groups is 1. The van der Waals surface area contributed by atoms with Crippen molar-refractivity contribution in [2.24, 2.45) is 5.73 Å². The van der Waals surface area contributed by atoms with Gasteiger partial charge in [0.1, 0.15) is 0 Å². The van der Waals surface area contributed by atoms with E-state index < -0.39 is 0 Å². The van der Waals surface area contributed by atoms with Gasteiger partial charge in [0.15, 0.2) is 0 Å². The topological polar surface area (TPSA) is 64.8 Å². The Morgan fingerprint density at radius 2 is 1.90 bits per heavy atom. The Balaban J connectivity index is 0.00000400.